The van der Waals surface area contributed by atoms with Gasteiger partial charge in [0.05, 0.1) is 18.4 Å². The zero-order chi connectivity index (χ0) is 11.3. The Hall–Kier alpha value is -1.71. The number of aldehydes is 1. The van der Waals surface area contributed by atoms with Gasteiger partial charge in [0.1, 0.15) is 5.69 Å². The van der Waals surface area contributed by atoms with Gasteiger partial charge in [0.15, 0.2) is 6.29 Å². The highest BCUT2D eigenvalue weighted by Gasteiger charge is 2.01. The topological polar surface area (TPSA) is 34.9 Å². The number of aromatic nitrogens is 2. The van der Waals surface area contributed by atoms with Gasteiger partial charge in [-0.05, 0) is 25.5 Å². The zero-order valence-corrected chi connectivity index (χ0v) is 8.77. The molecule has 0 aromatic carbocycles. The summed E-state index contributed by atoms with van der Waals surface area (Å²) in [4.78, 5) is 14.5. The highest BCUT2D eigenvalue weighted by molar-refractivity contribution is 5.71. The van der Waals surface area contributed by atoms with Crippen LogP contribution in [0.4, 0.5) is 4.39 Å². The summed E-state index contributed by atoms with van der Waals surface area (Å²) in [5.74, 6) is -0.254. The normalized spacial score (nSPS) is 13.0. The summed E-state index contributed by atoms with van der Waals surface area (Å²) in [6, 6.07) is 0. The number of nitrogens with zero attached hydrogens (tertiary/aromatic N) is 2. The molecule has 0 bridgehead atoms. The SMILES string of the molecule is C/C=C(\C=C(/C)F)Cn1cncc1C=O. The first kappa shape index (κ1) is 11.4. The van der Waals surface area contributed by atoms with E-state index in [1.807, 2.05) is 6.92 Å². The lowest BCUT2D eigenvalue weighted by atomic mass is 10.2. The fourth-order valence-electron chi connectivity index (χ4n) is 1.23. The third-order valence-electron chi connectivity index (χ3n) is 1.97. The van der Waals surface area contributed by atoms with Gasteiger partial charge in [-0.25, -0.2) is 9.37 Å². The number of rotatable bonds is 4. The van der Waals surface area contributed by atoms with E-state index in [2.05, 4.69) is 4.98 Å². The number of carbonyl (C=O) groups excluding carboxylic acids is 1. The van der Waals surface area contributed by atoms with Crippen molar-refractivity contribution < 1.29 is 9.18 Å². The Morgan fingerprint density at radius 2 is 2.40 bits per heavy atom. The number of hydrogen-bond donors (Lipinski definition) is 0. The van der Waals surface area contributed by atoms with E-state index < -0.39 is 0 Å². The van der Waals surface area contributed by atoms with Gasteiger partial charge in [0.2, 0.25) is 0 Å². The van der Waals surface area contributed by atoms with Gasteiger partial charge in [0.25, 0.3) is 0 Å². The molecule has 0 spiro atoms. The van der Waals surface area contributed by atoms with E-state index in [9.17, 15) is 9.18 Å². The van der Waals surface area contributed by atoms with Crippen molar-refractivity contribution in [1.29, 1.82) is 0 Å². The Labute approximate surface area is 87.9 Å². The maximum Gasteiger partial charge on any atom is 0.168 e. The van der Waals surface area contributed by atoms with E-state index in [-0.39, 0.29) is 5.83 Å². The maximum atomic E-state index is 12.7. The van der Waals surface area contributed by atoms with E-state index in [1.54, 1.807) is 17.0 Å². The second-order valence-electron chi connectivity index (χ2n) is 3.16. The minimum atomic E-state index is -0.254. The molecule has 0 N–H and O–H groups in total. The van der Waals surface area contributed by atoms with Crippen molar-refractivity contribution in [3.05, 3.63) is 41.8 Å². The van der Waals surface area contributed by atoms with Gasteiger partial charge in [-0.2, -0.15) is 0 Å². The molecule has 0 aliphatic carbocycles. The molecule has 1 aromatic heterocycles. The van der Waals surface area contributed by atoms with Crippen molar-refractivity contribution >= 4 is 6.29 Å². The lowest BCUT2D eigenvalue weighted by Crippen LogP contribution is -2.02. The molecule has 1 aromatic rings. The first-order valence-electron chi connectivity index (χ1n) is 4.61. The molecule has 15 heavy (non-hydrogen) atoms. The Kier molecular flexibility index (Phi) is 3.97. The molecular weight excluding hydrogens is 195 g/mol. The molecule has 0 radical (unpaired) electrons. The van der Waals surface area contributed by atoms with Crippen molar-refractivity contribution in [3.63, 3.8) is 0 Å². The van der Waals surface area contributed by atoms with Gasteiger partial charge >= 0.3 is 0 Å². The highest BCUT2D eigenvalue weighted by Crippen LogP contribution is 2.08. The van der Waals surface area contributed by atoms with Gasteiger partial charge in [-0.3, -0.25) is 4.79 Å². The van der Waals surface area contributed by atoms with E-state index >= 15 is 0 Å². The van der Waals surface area contributed by atoms with E-state index in [0.717, 1.165) is 11.9 Å². The molecule has 0 amide bonds. The maximum absolute atomic E-state index is 12.7. The Balaban J connectivity index is 2.85. The zero-order valence-electron chi connectivity index (χ0n) is 8.77. The van der Waals surface area contributed by atoms with Crippen LogP contribution in [0.3, 0.4) is 0 Å². The number of allylic oxidation sites excluding steroid dienone is 4. The van der Waals surface area contributed by atoms with Crippen molar-refractivity contribution in [3.8, 4) is 0 Å². The molecule has 0 saturated heterocycles. The summed E-state index contributed by atoms with van der Waals surface area (Å²) in [7, 11) is 0. The Morgan fingerprint density at radius 1 is 1.67 bits per heavy atom. The molecule has 0 atom stereocenters. The molecule has 1 heterocycles. The summed E-state index contributed by atoms with van der Waals surface area (Å²) in [5, 5.41) is 0. The van der Waals surface area contributed by atoms with E-state index in [1.165, 1.54) is 19.2 Å². The summed E-state index contributed by atoms with van der Waals surface area (Å²) in [6.45, 7) is 3.66. The molecular formula is C11H13FN2O. The van der Waals surface area contributed by atoms with Crippen LogP contribution in [-0.4, -0.2) is 15.8 Å². The number of hydrogen-bond acceptors (Lipinski definition) is 2. The fraction of sp³-hybridized carbons (Fsp3) is 0.273. The molecule has 0 aliphatic heterocycles. The number of imidazole rings is 1. The van der Waals surface area contributed by atoms with Crippen LogP contribution in [-0.2, 0) is 6.54 Å². The van der Waals surface area contributed by atoms with Gasteiger partial charge in [0, 0.05) is 6.54 Å². The monoisotopic (exact) mass is 208 g/mol. The quantitative estimate of drug-likeness (QED) is 0.563. The fourth-order valence-corrected chi connectivity index (χ4v) is 1.23. The number of halogens is 1. The number of carbonyl (C=O) groups is 1. The molecule has 1 rings (SSSR count). The summed E-state index contributed by atoms with van der Waals surface area (Å²) in [6.07, 6.45) is 7.00. The van der Waals surface area contributed by atoms with Crippen molar-refractivity contribution in [1.82, 2.24) is 9.55 Å². The second-order valence-corrected chi connectivity index (χ2v) is 3.16. The minimum Gasteiger partial charge on any atom is -0.324 e. The largest absolute Gasteiger partial charge is 0.324 e. The third-order valence-corrected chi connectivity index (χ3v) is 1.97. The third kappa shape index (κ3) is 3.16. The van der Waals surface area contributed by atoms with Crippen LogP contribution >= 0.6 is 0 Å². The Bertz CT molecular complexity index is 400. The molecule has 0 fully saturated rings. The van der Waals surface area contributed by atoms with Crippen LogP contribution < -0.4 is 0 Å². The van der Waals surface area contributed by atoms with E-state index in [4.69, 9.17) is 0 Å². The summed E-state index contributed by atoms with van der Waals surface area (Å²) < 4.78 is 14.3. The lowest BCUT2D eigenvalue weighted by molar-refractivity contribution is 0.111. The van der Waals surface area contributed by atoms with Crippen LogP contribution in [0.2, 0.25) is 0 Å². The molecule has 0 saturated carbocycles. The van der Waals surface area contributed by atoms with E-state index in [0.29, 0.717) is 12.2 Å². The first-order chi connectivity index (χ1) is 7.17. The average molecular weight is 208 g/mol. The van der Waals surface area contributed by atoms with Gasteiger partial charge in [-0.1, -0.05) is 6.08 Å². The molecule has 3 nitrogen and oxygen atoms in total. The van der Waals surface area contributed by atoms with Gasteiger partial charge < -0.3 is 4.57 Å². The molecule has 4 heteroatoms. The molecule has 0 aliphatic rings. The predicted molar refractivity (Wildman–Crippen MR) is 56.2 cm³/mol. The van der Waals surface area contributed by atoms with Crippen molar-refractivity contribution in [2.45, 2.75) is 20.4 Å². The molecule has 80 valence electrons. The lowest BCUT2D eigenvalue weighted by Gasteiger charge is -2.04. The van der Waals surface area contributed by atoms with Crippen LogP contribution in [0.15, 0.2) is 36.1 Å². The Morgan fingerprint density at radius 3 is 2.93 bits per heavy atom. The van der Waals surface area contributed by atoms with Crippen LogP contribution in [0.1, 0.15) is 24.3 Å². The predicted octanol–water partition coefficient (Wildman–Crippen LogP) is 2.52. The van der Waals surface area contributed by atoms with Crippen molar-refractivity contribution in [2.75, 3.05) is 0 Å². The standard InChI is InChI=1S/C11H13FN2O/c1-3-10(4-9(2)12)6-14-8-13-5-11(14)7-15/h3-5,7-8H,6H2,1-2H3/b9-4+,10-3+. The minimum absolute atomic E-state index is 0.254. The van der Waals surface area contributed by atoms with Crippen LogP contribution in [0, 0.1) is 0 Å². The van der Waals surface area contributed by atoms with Crippen LogP contribution in [0.5, 0.6) is 0 Å². The second kappa shape index (κ2) is 5.24. The smallest absolute Gasteiger partial charge is 0.168 e. The van der Waals surface area contributed by atoms with Crippen LogP contribution in [0.25, 0.3) is 0 Å². The first-order valence-corrected chi connectivity index (χ1v) is 4.61. The summed E-state index contributed by atoms with van der Waals surface area (Å²) >= 11 is 0. The van der Waals surface area contributed by atoms with Crippen molar-refractivity contribution in [2.24, 2.45) is 0 Å². The molecule has 0 unspecified atom stereocenters. The van der Waals surface area contributed by atoms with Gasteiger partial charge in [-0.15, -0.1) is 0 Å². The average Bonchev–Trinajstić information content (AvgIpc) is 2.63. The summed E-state index contributed by atoms with van der Waals surface area (Å²) in [5.41, 5.74) is 1.29. The highest BCUT2D eigenvalue weighted by atomic mass is 19.1.